The summed E-state index contributed by atoms with van der Waals surface area (Å²) in [5, 5.41) is 0. The Morgan fingerprint density at radius 2 is 1.70 bits per heavy atom. The van der Waals surface area contributed by atoms with Crippen LogP contribution in [0.1, 0.15) is 11.1 Å². The van der Waals surface area contributed by atoms with Crippen molar-refractivity contribution in [3.63, 3.8) is 0 Å². The van der Waals surface area contributed by atoms with Crippen molar-refractivity contribution < 1.29 is 8.42 Å². The molecule has 1 heterocycles. The molecule has 4 aromatic rings. The van der Waals surface area contributed by atoms with Gasteiger partial charge in [0, 0.05) is 12.1 Å². The molecule has 0 aliphatic heterocycles. The number of hydrogen-bond acceptors (Lipinski definition) is 4. The van der Waals surface area contributed by atoms with Gasteiger partial charge >= 0.3 is 0 Å². The maximum atomic E-state index is 13.5. The molecule has 27 heavy (non-hydrogen) atoms. The van der Waals surface area contributed by atoms with Gasteiger partial charge in [0.1, 0.15) is 0 Å². The number of para-hydroxylation sites is 2. The Bertz CT molecular complexity index is 1230. The van der Waals surface area contributed by atoms with Gasteiger partial charge in [0.05, 0.1) is 15.9 Å². The Balaban J connectivity index is 2.03. The maximum Gasteiger partial charge on any atom is 0.269 e. The minimum atomic E-state index is -3.81. The van der Waals surface area contributed by atoms with Crippen LogP contribution in [0.15, 0.2) is 77.7 Å². The van der Waals surface area contributed by atoms with Crippen molar-refractivity contribution in [3.8, 4) is 11.4 Å². The molecule has 0 saturated heterocycles. The second kappa shape index (κ2) is 6.64. The van der Waals surface area contributed by atoms with Crippen molar-refractivity contribution in [3.05, 3.63) is 83.9 Å². The summed E-state index contributed by atoms with van der Waals surface area (Å²) in [7, 11) is -3.81. The number of hydrogen-bond donors (Lipinski definition) is 1. The first-order valence-corrected chi connectivity index (χ1v) is 10.0. The minimum absolute atomic E-state index is 0.229. The van der Waals surface area contributed by atoms with Crippen molar-refractivity contribution in [2.24, 2.45) is 5.73 Å². The zero-order valence-electron chi connectivity index (χ0n) is 14.8. The first-order valence-electron chi connectivity index (χ1n) is 8.60. The Labute approximate surface area is 158 Å². The summed E-state index contributed by atoms with van der Waals surface area (Å²) in [4.78, 5) is 4.84. The maximum absolute atomic E-state index is 13.5. The number of aromatic nitrogens is 2. The molecular formula is C21H19N3O2S. The van der Waals surface area contributed by atoms with Crippen molar-refractivity contribution in [2.45, 2.75) is 18.4 Å². The molecule has 0 bridgehead atoms. The molecule has 2 N–H and O–H groups in total. The third-order valence-corrected chi connectivity index (χ3v) is 6.22. The molecule has 0 saturated carbocycles. The lowest BCUT2D eigenvalue weighted by Gasteiger charge is -2.11. The van der Waals surface area contributed by atoms with Gasteiger partial charge < -0.3 is 5.73 Å². The van der Waals surface area contributed by atoms with Crippen LogP contribution in [0.4, 0.5) is 0 Å². The fourth-order valence-corrected chi connectivity index (χ4v) is 4.56. The third-order valence-electron chi connectivity index (χ3n) is 4.50. The normalized spacial score (nSPS) is 11.8. The van der Waals surface area contributed by atoms with Crippen molar-refractivity contribution in [1.82, 2.24) is 8.96 Å². The molecule has 0 amide bonds. The number of nitrogens with two attached hydrogens (primary N) is 1. The van der Waals surface area contributed by atoms with Gasteiger partial charge in [-0.25, -0.2) is 17.4 Å². The summed E-state index contributed by atoms with van der Waals surface area (Å²) in [6.07, 6.45) is 0. The highest BCUT2D eigenvalue weighted by Crippen LogP contribution is 2.30. The van der Waals surface area contributed by atoms with E-state index in [2.05, 4.69) is 4.98 Å². The van der Waals surface area contributed by atoms with E-state index < -0.39 is 10.0 Å². The molecule has 0 unspecified atom stereocenters. The van der Waals surface area contributed by atoms with Crippen molar-refractivity contribution in [2.75, 3.05) is 0 Å². The zero-order chi connectivity index (χ0) is 19.0. The average Bonchev–Trinajstić information content (AvgIpc) is 3.09. The lowest BCUT2D eigenvalue weighted by Crippen LogP contribution is -2.14. The summed E-state index contributed by atoms with van der Waals surface area (Å²) in [5.41, 5.74) is 9.56. The summed E-state index contributed by atoms with van der Waals surface area (Å²) in [6, 6.07) is 21.6. The molecule has 3 aromatic carbocycles. The van der Waals surface area contributed by atoms with Gasteiger partial charge in [-0.05, 0) is 42.8 Å². The van der Waals surface area contributed by atoms with E-state index in [1.807, 2.05) is 49.4 Å². The molecule has 0 spiro atoms. The summed E-state index contributed by atoms with van der Waals surface area (Å²) in [5.74, 6) is 0.382. The smallest absolute Gasteiger partial charge is 0.269 e. The van der Waals surface area contributed by atoms with E-state index in [0.717, 1.165) is 11.1 Å². The first kappa shape index (κ1) is 17.5. The number of aryl methyl sites for hydroxylation is 1. The van der Waals surface area contributed by atoms with Crippen LogP contribution in [-0.4, -0.2) is 17.4 Å². The fourth-order valence-electron chi connectivity index (χ4n) is 3.08. The van der Waals surface area contributed by atoms with Crippen molar-refractivity contribution in [1.29, 1.82) is 0 Å². The van der Waals surface area contributed by atoms with E-state index in [1.54, 1.807) is 30.3 Å². The van der Waals surface area contributed by atoms with E-state index in [4.69, 9.17) is 5.73 Å². The topological polar surface area (TPSA) is 78.0 Å². The monoisotopic (exact) mass is 377 g/mol. The Morgan fingerprint density at radius 3 is 2.44 bits per heavy atom. The molecule has 0 radical (unpaired) electrons. The second-order valence-electron chi connectivity index (χ2n) is 6.41. The third kappa shape index (κ3) is 3.03. The minimum Gasteiger partial charge on any atom is -0.326 e. The molecule has 136 valence electrons. The quantitative estimate of drug-likeness (QED) is 0.588. The highest BCUT2D eigenvalue weighted by Gasteiger charge is 2.25. The van der Waals surface area contributed by atoms with Gasteiger partial charge in [-0.1, -0.05) is 48.0 Å². The Morgan fingerprint density at radius 1 is 0.963 bits per heavy atom. The van der Waals surface area contributed by atoms with E-state index in [0.29, 0.717) is 29.0 Å². The predicted octanol–water partition coefficient (Wildman–Crippen LogP) is 3.71. The predicted molar refractivity (Wildman–Crippen MR) is 107 cm³/mol. The van der Waals surface area contributed by atoms with Crippen LogP contribution in [0.3, 0.4) is 0 Å². The molecule has 0 aliphatic rings. The molecule has 0 fully saturated rings. The largest absolute Gasteiger partial charge is 0.326 e. The van der Waals surface area contributed by atoms with Crippen LogP contribution < -0.4 is 5.73 Å². The first-order chi connectivity index (χ1) is 13.0. The van der Waals surface area contributed by atoms with E-state index in [1.165, 1.54) is 3.97 Å². The van der Waals surface area contributed by atoms with Crippen molar-refractivity contribution >= 4 is 21.1 Å². The average molecular weight is 377 g/mol. The van der Waals surface area contributed by atoms with Gasteiger partial charge in [-0.3, -0.25) is 0 Å². The summed E-state index contributed by atoms with van der Waals surface area (Å²) in [6.45, 7) is 2.30. The molecule has 1 aromatic heterocycles. The van der Waals surface area contributed by atoms with E-state index in [9.17, 15) is 8.42 Å². The van der Waals surface area contributed by atoms with Gasteiger partial charge in [-0.2, -0.15) is 0 Å². The van der Waals surface area contributed by atoms with Crippen LogP contribution in [-0.2, 0) is 16.6 Å². The van der Waals surface area contributed by atoms with Gasteiger partial charge in [0.2, 0.25) is 0 Å². The summed E-state index contributed by atoms with van der Waals surface area (Å²) < 4.78 is 28.3. The Hall–Kier alpha value is -2.96. The molecule has 6 heteroatoms. The summed E-state index contributed by atoms with van der Waals surface area (Å²) >= 11 is 0. The lowest BCUT2D eigenvalue weighted by molar-refractivity contribution is 0.589. The highest BCUT2D eigenvalue weighted by molar-refractivity contribution is 7.90. The Kier molecular flexibility index (Phi) is 4.30. The lowest BCUT2D eigenvalue weighted by atomic mass is 10.1. The molecule has 5 nitrogen and oxygen atoms in total. The number of benzene rings is 3. The number of imidazole rings is 1. The van der Waals surface area contributed by atoms with E-state index >= 15 is 0 Å². The molecule has 0 atom stereocenters. The van der Waals surface area contributed by atoms with Gasteiger partial charge in [0.15, 0.2) is 5.82 Å². The second-order valence-corrected chi connectivity index (χ2v) is 8.20. The van der Waals surface area contributed by atoms with E-state index in [-0.39, 0.29) is 4.90 Å². The number of nitrogens with zero attached hydrogens (tertiary/aromatic N) is 2. The van der Waals surface area contributed by atoms with Gasteiger partial charge in [0.25, 0.3) is 10.0 Å². The molecule has 4 rings (SSSR count). The van der Waals surface area contributed by atoms with Crippen LogP contribution in [0.2, 0.25) is 0 Å². The fraction of sp³-hybridized carbons (Fsp3) is 0.0952. The van der Waals surface area contributed by atoms with Gasteiger partial charge in [-0.15, -0.1) is 0 Å². The van der Waals surface area contributed by atoms with Crippen LogP contribution in [0.5, 0.6) is 0 Å². The number of rotatable bonds is 4. The SMILES string of the molecule is Cc1ccc(S(=O)(=O)n2c(-c3cccc(CN)c3)nc3ccccc32)cc1. The standard InChI is InChI=1S/C21H19N3O2S/c1-15-9-11-18(12-10-15)27(25,26)24-20-8-3-2-7-19(20)23-21(24)17-6-4-5-16(13-17)14-22/h2-13H,14,22H2,1H3. The van der Waals surface area contributed by atoms with Crippen LogP contribution >= 0.6 is 0 Å². The van der Waals surface area contributed by atoms with Crippen LogP contribution in [0.25, 0.3) is 22.4 Å². The number of fused-ring (bicyclic) bond motifs is 1. The molecule has 0 aliphatic carbocycles. The highest BCUT2D eigenvalue weighted by atomic mass is 32.2. The molecular weight excluding hydrogens is 358 g/mol. The van der Waals surface area contributed by atoms with Crippen LogP contribution in [0, 0.1) is 6.92 Å². The zero-order valence-corrected chi connectivity index (χ0v) is 15.6.